The molecule has 4 nitrogen and oxygen atoms in total. The highest BCUT2D eigenvalue weighted by Gasteiger charge is 2.29. The summed E-state index contributed by atoms with van der Waals surface area (Å²) in [6.45, 7) is 9.25. The minimum absolute atomic E-state index is 0.176. The van der Waals surface area contributed by atoms with Gasteiger partial charge < -0.3 is 10.6 Å². The third-order valence-electron chi connectivity index (χ3n) is 3.59. The van der Waals surface area contributed by atoms with Crippen LogP contribution in [0.3, 0.4) is 0 Å². The number of rotatable bonds is 7. The molecule has 1 aromatic carbocycles. The molecule has 5 heteroatoms. The van der Waals surface area contributed by atoms with Crippen LogP contribution in [0.5, 0.6) is 0 Å². The molecule has 0 spiro atoms. The van der Waals surface area contributed by atoms with Crippen LogP contribution in [-0.4, -0.2) is 32.0 Å². The Kier molecular flexibility index (Phi) is 6.23. The lowest BCUT2D eigenvalue weighted by Crippen LogP contribution is -2.37. The van der Waals surface area contributed by atoms with Gasteiger partial charge in [-0.2, -0.15) is 0 Å². The molecule has 0 fully saturated rings. The number of sulfone groups is 1. The maximum absolute atomic E-state index is 12.2. The second-order valence-corrected chi connectivity index (χ2v) is 9.15. The van der Waals surface area contributed by atoms with Crippen molar-refractivity contribution in [3.05, 3.63) is 29.8 Å². The molecule has 1 aromatic rings. The Labute approximate surface area is 129 Å². The molecule has 0 heterocycles. The Bertz CT molecular complexity index is 530. The molecule has 0 aliphatic heterocycles. The van der Waals surface area contributed by atoms with E-state index >= 15 is 0 Å². The van der Waals surface area contributed by atoms with Gasteiger partial charge in [-0.25, -0.2) is 8.42 Å². The monoisotopic (exact) mass is 312 g/mol. The average molecular weight is 312 g/mol. The first-order valence-corrected chi connectivity index (χ1v) is 9.12. The van der Waals surface area contributed by atoms with Gasteiger partial charge >= 0.3 is 0 Å². The second-order valence-electron chi connectivity index (χ2n) is 6.29. The lowest BCUT2D eigenvalue weighted by atomic mass is 10.2. The van der Waals surface area contributed by atoms with Crippen molar-refractivity contribution in [2.75, 3.05) is 23.7 Å². The van der Waals surface area contributed by atoms with Gasteiger partial charge in [0.25, 0.3) is 0 Å². The van der Waals surface area contributed by atoms with Gasteiger partial charge in [-0.3, -0.25) is 0 Å². The fraction of sp³-hybridized carbons (Fsp3) is 0.625. The van der Waals surface area contributed by atoms with Gasteiger partial charge in [0, 0.05) is 25.3 Å². The number of hydrogen-bond acceptors (Lipinski definition) is 4. The van der Waals surface area contributed by atoms with Crippen LogP contribution in [0.15, 0.2) is 24.3 Å². The van der Waals surface area contributed by atoms with Gasteiger partial charge in [0.1, 0.15) is 0 Å². The molecule has 0 unspecified atom stereocenters. The normalized spacial score (nSPS) is 12.4. The van der Waals surface area contributed by atoms with Gasteiger partial charge in [0.2, 0.25) is 0 Å². The summed E-state index contributed by atoms with van der Waals surface area (Å²) < 4.78 is 23.8. The van der Waals surface area contributed by atoms with E-state index in [2.05, 4.69) is 11.8 Å². The van der Waals surface area contributed by atoms with Gasteiger partial charge in [-0.05, 0) is 44.9 Å². The molecule has 0 aliphatic carbocycles. The summed E-state index contributed by atoms with van der Waals surface area (Å²) in [5, 5.41) is 0. The minimum Gasteiger partial charge on any atom is -0.371 e. The van der Waals surface area contributed by atoms with E-state index in [1.165, 1.54) is 0 Å². The van der Waals surface area contributed by atoms with E-state index < -0.39 is 14.6 Å². The zero-order valence-electron chi connectivity index (χ0n) is 13.6. The van der Waals surface area contributed by atoms with Crippen LogP contribution >= 0.6 is 0 Å². The summed E-state index contributed by atoms with van der Waals surface area (Å²) in [6, 6.07) is 8.02. The third-order valence-corrected chi connectivity index (χ3v) is 6.18. The van der Waals surface area contributed by atoms with Crippen molar-refractivity contribution in [3.63, 3.8) is 0 Å². The summed E-state index contributed by atoms with van der Waals surface area (Å²) >= 11 is 0. The van der Waals surface area contributed by atoms with E-state index in [-0.39, 0.29) is 5.75 Å². The quantitative estimate of drug-likeness (QED) is 0.840. The Morgan fingerprint density at radius 1 is 1.10 bits per heavy atom. The van der Waals surface area contributed by atoms with Crippen molar-refractivity contribution in [1.29, 1.82) is 0 Å². The SMILES string of the molecule is CCCN(CCS(=O)(=O)C(C)(C)C)c1ccc(CN)cc1. The molecule has 0 saturated heterocycles. The molecular weight excluding hydrogens is 284 g/mol. The number of benzene rings is 1. The van der Waals surface area contributed by atoms with E-state index in [0.29, 0.717) is 13.1 Å². The Morgan fingerprint density at radius 2 is 1.67 bits per heavy atom. The first kappa shape index (κ1) is 18.0. The van der Waals surface area contributed by atoms with Crippen LogP contribution in [0.1, 0.15) is 39.7 Å². The molecule has 120 valence electrons. The molecule has 0 saturated carbocycles. The molecule has 21 heavy (non-hydrogen) atoms. The second kappa shape index (κ2) is 7.27. The molecule has 0 atom stereocenters. The summed E-state index contributed by atoms with van der Waals surface area (Å²) in [6.07, 6.45) is 0.980. The van der Waals surface area contributed by atoms with E-state index in [9.17, 15) is 8.42 Å². The highest BCUT2D eigenvalue weighted by atomic mass is 32.2. The van der Waals surface area contributed by atoms with Gasteiger partial charge in [-0.15, -0.1) is 0 Å². The number of anilines is 1. The predicted molar refractivity (Wildman–Crippen MR) is 90.4 cm³/mol. The highest BCUT2D eigenvalue weighted by Crippen LogP contribution is 2.19. The summed E-state index contributed by atoms with van der Waals surface area (Å²) in [5.41, 5.74) is 7.74. The van der Waals surface area contributed by atoms with Crippen LogP contribution in [0.25, 0.3) is 0 Å². The van der Waals surface area contributed by atoms with E-state index in [0.717, 1.165) is 24.2 Å². The molecule has 1 rings (SSSR count). The standard InChI is InChI=1S/C16H28N2O2S/c1-5-10-18(11-12-21(19,20)16(2,3)4)15-8-6-14(13-17)7-9-15/h6-9H,5,10-13,17H2,1-4H3. The van der Waals surface area contributed by atoms with E-state index in [1.54, 1.807) is 20.8 Å². The van der Waals surface area contributed by atoms with E-state index in [4.69, 9.17) is 5.73 Å². The van der Waals surface area contributed by atoms with Crippen LogP contribution in [-0.2, 0) is 16.4 Å². The lowest BCUT2D eigenvalue weighted by Gasteiger charge is -2.27. The van der Waals surface area contributed by atoms with Crippen LogP contribution in [0.4, 0.5) is 5.69 Å². The van der Waals surface area contributed by atoms with Gasteiger partial charge in [0.05, 0.1) is 10.5 Å². The molecule has 0 aromatic heterocycles. The smallest absolute Gasteiger partial charge is 0.156 e. The van der Waals surface area contributed by atoms with Crippen molar-refractivity contribution in [1.82, 2.24) is 0 Å². The highest BCUT2D eigenvalue weighted by molar-refractivity contribution is 7.92. The first-order valence-electron chi connectivity index (χ1n) is 7.47. The molecular formula is C16H28N2O2S. The lowest BCUT2D eigenvalue weighted by molar-refractivity contribution is 0.558. The van der Waals surface area contributed by atoms with Crippen LogP contribution < -0.4 is 10.6 Å². The van der Waals surface area contributed by atoms with Crippen molar-refractivity contribution < 1.29 is 8.42 Å². The Hall–Kier alpha value is -1.07. The molecule has 2 N–H and O–H groups in total. The number of nitrogens with zero attached hydrogens (tertiary/aromatic N) is 1. The van der Waals surface area contributed by atoms with Crippen molar-refractivity contribution >= 4 is 15.5 Å². The summed E-state index contributed by atoms with van der Waals surface area (Å²) in [5.74, 6) is 0.176. The van der Waals surface area contributed by atoms with E-state index in [1.807, 2.05) is 24.3 Å². The zero-order chi connectivity index (χ0) is 16.1. The third kappa shape index (κ3) is 5.00. The Morgan fingerprint density at radius 3 is 2.10 bits per heavy atom. The van der Waals surface area contributed by atoms with Crippen molar-refractivity contribution in [2.45, 2.75) is 45.4 Å². The zero-order valence-corrected chi connectivity index (χ0v) is 14.4. The van der Waals surface area contributed by atoms with Gasteiger partial charge in [-0.1, -0.05) is 19.1 Å². The van der Waals surface area contributed by atoms with Crippen LogP contribution in [0, 0.1) is 0 Å². The number of hydrogen-bond donors (Lipinski definition) is 1. The summed E-state index contributed by atoms with van der Waals surface area (Å²) in [7, 11) is -3.09. The molecule has 0 aliphatic rings. The fourth-order valence-corrected chi connectivity index (χ4v) is 3.09. The maximum Gasteiger partial charge on any atom is 0.156 e. The largest absolute Gasteiger partial charge is 0.371 e. The van der Waals surface area contributed by atoms with Gasteiger partial charge in [0.15, 0.2) is 9.84 Å². The fourth-order valence-electron chi connectivity index (χ4n) is 2.02. The topological polar surface area (TPSA) is 63.4 Å². The average Bonchev–Trinajstić information content (AvgIpc) is 2.42. The van der Waals surface area contributed by atoms with Crippen LogP contribution in [0.2, 0.25) is 0 Å². The minimum atomic E-state index is -3.09. The summed E-state index contributed by atoms with van der Waals surface area (Å²) in [4.78, 5) is 2.13. The maximum atomic E-state index is 12.2. The molecule has 0 amide bonds. The Balaban J connectivity index is 2.83. The molecule has 0 radical (unpaired) electrons. The number of nitrogens with two attached hydrogens (primary N) is 1. The first-order chi connectivity index (χ1) is 9.71. The van der Waals surface area contributed by atoms with Crippen molar-refractivity contribution in [3.8, 4) is 0 Å². The van der Waals surface area contributed by atoms with Crippen molar-refractivity contribution in [2.24, 2.45) is 5.73 Å². The molecule has 0 bridgehead atoms. The predicted octanol–water partition coefficient (Wildman–Crippen LogP) is 2.58.